The summed E-state index contributed by atoms with van der Waals surface area (Å²) in [5, 5.41) is 10.4. The van der Waals surface area contributed by atoms with Crippen molar-refractivity contribution in [2.24, 2.45) is 4.99 Å². The highest BCUT2D eigenvalue weighted by Gasteiger charge is 2.23. The number of nitrogens with zero attached hydrogens (tertiary/aromatic N) is 4. The average molecular weight is 589 g/mol. The lowest BCUT2D eigenvalue weighted by Gasteiger charge is -2.14. The van der Waals surface area contributed by atoms with Crippen molar-refractivity contribution in [1.29, 1.82) is 0 Å². The number of furan rings is 1. The molecule has 0 aliphatic carbocycles. The van der Waals surface area contributed by atoms with E-state index < -0.39 is 0 Å². The van der Waals surface area contributed by atoms with Crippen LogP contribution in [0.3, 0.4) is 0 Å². The third-order valence-corrected chi connectivity index (χ3v) is 9.18. The van der Waals surface area contributed by atoms with Crippen molar-refractivity contribution in [2.45, 2.75) is 6.54 Å². The van der Waals surface area contributed by atoms with Crippen molar-refractivity contribution in [3.8, 4) is 34.2 Å². The van der Waals surface area contributed by atoms with Crippen LogP contribution in [0.5, 0.6) is 0 Å². The lowest BCUT2D eigenvalue weighted by atomic mass is 9.93. The molecule has 3 heterocycles. The lowest BCUT2D eigenvalue weighted by Crippen LogP contribution is -2.01. The molecule has 0 atom stereocenters. The molecule has 0 amide bonds. The molecule has 0 spiro atoms. The van der Waals surface area contributed by atoms with Gasteiger partial charge in [0.2, 0.25) is 0 Å². The average Bonchev–Trinajstić information content (AvgIpc) is 3.72. The molecule has 5 nitrogen and oxygen atoms in total. The highest BCUT2D eigenvalue weighted by atomic mass is 16.3. The first-order valence-electron chi connectivity index (χ1n) is 15.4. The third-order valence-electron chi connectivity index (χ3n) is 9.18. The van der Waals surface area contributed by atoms with Crippen LogP contribution in [0.2, 0.25) is 0 Å². The fraction of sp³-hybridized carbons (Fsp3) is 0.0244. The molecule has 0 fully saturated rings. The topological polar surface area (TPSA) is 64.2 Å². The molecule has 0 saturated carbocycles. The summed E-state index contributed by atoms with van der Waals surface area (Å²) in [5.41, 5.74) is 4.70. The summed E-state index contributed by atoms with van der Waals surface area (Å²) < 4.78 is 6.17. The molecule has 5 heteroatoms. The summed E-state index contributed by atoms with van der Waals surface area (Å²) in [6.45, 7) is 0.581. The van der Waals surface area contributed by atoms with Gasteiger partial charge in [-0.3, -0.25) is 4.99 Å². The monoisotopic (exact) mass is 588 g/mol. The highest BCUT2D eigenvalue weighted by Crippen LogP contribution is 2.40. The Morgan fingerprint density at radius 2 is 1.17 bits per heavy atom. The van der Waals surface area contributed by atoms with E-state index in [2.05, 4.69) is 120 Å². The summed E-state index contributed by atoms with van der Waals surface area (Å²) in [7, 11) is 0. The Morgan fingerprint density at radius 1 is 0.478 bits per heavy atom. The van der Waals surface area contributed by atoms with Crippen LogP contribution in [-0.2, 0) is 6.54 Å². The molecular formula is C41H24N4O. The van der Waals surface area contributed by atoms with Gasteiger partial charge in [0.25, 0.3) is 0 Å². The maximum Gasteiger partial charge on any atom is 0.164 e. The van der Waals surface area contributed by atoms with Gasteiger partial charge in [0.15, 0.2) is 23.2 Å². The van der Waals surface area contributed by atoms with Crippen LogP contribution >= 0.6 is 0 Å². The largest absolute Gasteiger partial charge is 0.455 e. The molecule has 1 aliphatic rings. The van der Waals surface area contributed by atoms with Crippen molar-refractivity contribution in [3.63, 3.8) is 0 Å². The number of benzene rings is 7. The van der Waals surface area contributed by atoms with Gasteiger partial charge < -0.3 is 4.42 Å². The van der Waals surface area contributed by atoms with Crippen LogP contribution in [0.4, 0.5) is 0 Å². The van der Waals surface area contributed by atoms with Crippen LogP contribution in [0.15, 0.2) is 137 Å². The minimum Gasteiger partial charge on any atom is -0.455 e. The molecule has 0 radical (unpaired) electrons. The molecule has 0 bridgehead atoms. The van der Waals surface area contributed by atoms with Crippen LogP contribution in [0.25, 0.3) is 88.2 Å². The van der Waals surface area contributed by atoms with Gasteiger partial charge in [0, 0.05) is 27.6 Å². The van der Waals surface area contributed by atoms with E-state index in [9.17, 15) is 0 Å². The van der Waals surface area contributed by atoms with E-state index in [4.69, 9.17) is 19.4 Å². The number of hydrogen-bond donors (Lipinski definition) is 0. The molecular weight excluding hydrogens is 564 g/mol. The zero-order chi connectivity index (χ0) is 30.2. The molecule has 2 aromatic heterocycles. The second-order valence-corrected chi connectivity index (χ2v) is 11.8. The van der Waals surface area contributed by atoms with E-state index in [1.54, 1.807) is 0 Å². The Labute approximate surface area is 263 Å². The molecule has 0 unspecified atom stereocenters. The van der Waals surface area contributed by atoms with Gasteiger partial charge >= 0.3 is 0 Å². The number of aliphatic imine (C=N–C) groups is 1. The Hall–Kier alpha value is -6.20. The molecule has 9 aromatic rings. The van der Waals surface area contributed by atoms with Gasteiger partial charge in [-0.25, -0.2) is 15.0 Å². The van der Waals surface area contributed by atoms with E-state index >= 15 is 0 Å². The molecule has 1 aliphatic heterocycles. The maximum absolute atomic E-state index is 6.17. The molecule has 10 rings (SSSR count). The number of fused-ring (bicyclic) bond motifs is 9. The van der Waals surface area contributed by atoms with Crippen molar-refractivity contribution in [2.75, 3.05) is 0 Å². The third kappa shape index (κ3) is 3.75. The summed E-state index contributed by atoms with van der Waals surface area (Å²) in [4.78, 5) is 20.0. The Balaban J connectivity index is 1.28. The van der Waals surface area contributed by atoms with Crippen LogP contribution in [0.1, 0.15) is 11.3 Å². The van der Waals surface area contributed by atoms with Gasteiger partial charge in [-0.1, -0.05) is 109 Å². The first-order valence-corrected chi connectivity index (χ1v) is 15.4. The summed E-state index contributed by atoms with van der Waals surface area (Å²) in [6, 6.07) is 44.6. The first kappa shape index (κ1) is 25.2. The van der Waals surface area contributed by atoms with Crippen LogP contribution < -0.4 is 0 Å². The SMILES string of the molecule is C1=NCc2c1oc1cccc(-c3nc(-c4ccc5ccccc5c4)nc(-c4cc5ccc6ccccc6c5c5ccccc45)n3)c21. The standard InChI is InChI=1S/C41H24N4O/c1-2-10-26-20-28(19-16-24(26)8-1)39-43-40(32-14-7-15-35-38(32)34-22-42-23-36(34)46-35)45-41(44-39)33-21-27-18-17-25-9-3-4-11-29(25)37(27)31-13-6-5-12-30(31)33/h1-21,23H,22H2. The van der Waals surface area contributed by atoms with Crippen molar-refractivity contribution in [1.82, 2.24) is 15.0 Å². The maximum atomic E-state index is 6.17. The smallest absolute Gasteiger partial charge is 0.164 e. The van der Waals surface area contributed by atoms with Gasteiger partial charge in [-0.2, -0.15) is 0 Å². The van der Waals surface area contributed by atoms with Crippen molar-refractivity contribution >= 4 is 60.3 Å². The van der Waals surface area contributed by atoms with Gasteiger partial charge in [0.1, 0.15) is 5.58 Å². The first-order chi connectivity index (χ1) is 22.8. The predicted octanol–water partition coefficient (Wildman–Crippen LogP) is 10.2. The van der Waals surface area contributed by atoms with Gasteiger partial charge in [-0.15, -0.1) is 0 Å². The van der Waals surface area contributed by atoms with Gasteiger partial charge in [0.05, 0.1) is 12.8 Å². The molecule has 0 saturated heterocycles. The summed E-state index contributed by atoms with van der Waals surface area (Å²) in [5.74, 6) is 2.67. The van der Waals surface area contributed by atoms with E-state index in [1.165, 1.54) is 26.9 Å². The Morgan fingerprint density at radius 3 is 2.07 bits per heavy atom. The van der Waals surface area contributed by atoms with E-state index in [0.717, 1.165) is 55.1 Å². The normalized spacial score (nSPS) is 12.6. The number of rotatable bonds is 3. The molecule has 0 N–H and O–H groups in total. The van der Waals surface area contributed by atoms with Crippen LogP contribution in [-0.4, -0.2) is 21.2 Å². The van der Waals surface area contributed by atoms with Crippen molar-refractivity contribution in [3.05, 3.63) is 139 Å². The fourth-order valence-electron chi connectivity index (χ4n) is 7.04. The second kappa shape index (κ2) is 9.65. The quantitative estimate of drug-likeness (QED) is 0.193. The van der Waals surface area contributed by atoms with Crippen molar-refractivity contribution < 1.29 is 4.42 Å². The minimum atomic E-state index is 0.581. The number of hydrogen-bond acceptors (Lipinski definition) is 5. The lowest BCUT2D eigenvalue weighted by molar-refractivity contribution is 0.607. The Bertz CT molecular complexity index is 2740. The summed E-state index contributed by atoms with van der Waals surface area (Å²) in [6.07, 6.45) is 1.81. The fourth-order valence-corrected chi connectivity index (χ4v) is 7.04. The predicted molar refractivity (Wildman–Crippen MR) is 187 cm³/mol. The van der Waals surface area contributed by atoms with Crippen LogP contribution in [0, 0.1) is 0 Å². The van der Waals surface area contributed by atoms with E-state index in [1.807, 2.05) is 18.3 Å². The van der Waals surface area contributed by atoms with E-state index in [0.29, 0.717) is 24.0 Å². The van der Waals surface area contributed by atoms with Gasteiger partial charge in [-0.05, 0) is 61.3 Å². The minimum absolute atomic E-state index is 0.581. The Kier molecular flexibility index (Phi) is 5.28. The highest BCUT2D eigenvalue weighted by molar-refractivity contribution is 6.23. The zero-order valence-corrected chi connectivity index (χ0v) is 24.6. The second-order valence-electron chi connectivity index (χ2n) is 11.8. The summed E-state index contributed by atoms with van der Waals surface area (Å²) >= 11 is 0. The molecule has 7 aromatic carbocycles. The number of aromatic nitrogens is 3. The van der Waals surface area contributed by atoms with E-state index in [-0.39, 0.29) is 0 Å². The molecule has 46 heavy (non-hydrogen) atoms. The molecule has 214 valence electrons. The zero-order valence-electron chi connectivity index (χ0n) is 24.6.